The summed E-state index contributed by atoms with van der Waals surface area (Å²) < 4.78 is 0. The van der Waals surface area contributed by atoms with Crippen LogP contribution in [0.2, 0.25) is 0 Å². The Morgan fingerprint density at radius 1 is 1.29 bits per heavy atom. The van der Waals surface area contributed by atoms with E-state index in [9.17, 15) is 4.79 Å². The number of hydrogen-bond donors (Lipinski definition) is 2. The van der Waals surface area contributed by atoms with E-state index in [1.807, 2.05) is 0 Å². The molecule has 2 aliphatic heterocycles. The van der Waals surface area contributed by atoms with Crippen LogP contribution in [0.15, 0.2) is 0 Å². The van der Waals surface area contributed by atoms with Crippen LogP contribution in [0, 0.1) is 5.92 Å². The van der Waals surface area contributed by atoms with Crippen molar-refractivity contribution in [2.24, 2.45) is 5.92 Å². The first-order chi connectivity index (χ1) is 8.16. The van der Waals surface area contributed by atoms with Gasteiger partial charge in [0.1, 0.15) is 0 Å². The molecule has 5 nitrogen and oxygen atoms in total. The zero-order valence-corrected chi connectivity index (χ0v) is 10.9. The molecule has 17 heavy (non-hydrogen) atoms. The Morgan fingerprint density at radius 3 is 2.82 bits per heavy atom. The molecule has 0 radical (unpaired) electrons. The second-order valence-corrected chi connectivity index (χ2v) is 5.33. The van der Waals surface area contributed by atoms with Crippen molar-refractivity contribution < 1.29 is 4.79 Å². The molecular formula is C12H24N4O. The van der Waals surface area contributed by atoms with Crippen LogP contribution in [-0.4, -0.2) is 68.7 Å². The van der Waals surface area contributed by atoms with Gasteiger partial charge in [-0.15, -0.1) is 0 Å². The number of nitrogens with zero attached hydrogens (tertiary/aromatic N) is 2. The molecule has 0 aromatic rings. The van der Waals surface area contributed by atoms with Gasteiger partial charge in [0.05, 0.1) is 0 Å². The number of urea groups is 1. The Kier molecular flexibility index (Phi) is 4.23. The maximum absolute atomic E-state index is 11.3. The van der Waals surface area contributed by atoms with Gasteiger partial charge >= 0.3 is 6.03 Å². The molecule has 2 saturated heterocycles. The first kappa shape index (κ1) is 12.6. The van der Waals surface area contributed by atoms with Gasteiger partial charge in [-0.2, -0.15) is 0 Å². The molecule has 2 bridgehead atoms. The maximum Gasteiger partial charge on any atom is 0.316 e. The lowest BCUT2D eigenvalue weighted by Gasteiger charge is -2.31. The normalized spacial score (nSPS) is 31.3. The fourth-order valence-corrected chi connectivity index (χ4v) is 2.81. The molecule has 0 aromatic heterocycles. The molecule has 3 unspecified atom stereocenters. The summed E-state index contributed by atoms with van der Waals surface area (Å²) in [6.07, 6.45) is 2.59. The summed E-state index contributed by atoms with van der Waals surface area (Å²) in [5.41, 5.74) is 0. The highest BCUT2D eigenvalue weighted by atomic mass is 16.2. The summed E-state index contributed by atoms with van der Waals surface area (Å²) in [5, 5.41) is 6.46. The Hall–Kier alpha value is -0.810. The van der Waals surface area contributed by atoms with Crippen LogP contribution < -0.4 is 10.6 Å². The van der Waals surface area contributed by atoms with Gasteiger partial charge in [0.2, 0.25) is 0 Å². The van der Waals surface area contributed by atoms with Crippen molar-refractivity contribution in [3.63, 3.8) is 0 Å². The highest BCUT2D eigenvalue weighted by Gasteiger charge is 2.33. The number of nitrogens with one attached hydrogen (secondary N) is 2. The smallest absolute Gasteiger partial charge is 0.316 e. The third-order valence-corrected chi connectivity index (χ3v) is 3.85. The van der Waals surface area contributed by atoms with Gasteiger partial charge in [-0.3, -0.25) is 0 Å². The van der Waals surface area contributed by atoms with E-state index in [0.717, 1.165) is 12.5 Å². The van der Waals surface area contributed by atoms with Crippen molar-refractivity contribution in [3.05, 3.63) is 0 Å². The Labute approximate surface area is 104 Å². The number of amides is 2. The maximum atomic E-state index is 11.3. The molecule has 2 fully saturated rings. The van der Waals surface area contributed by atoms with Gasteiger partial charge < -0.3 is 20.4 Å². The molecule has 5 heteroatoms. The predicted molar refractivity (Wildman–Crippen MR) is 68.0 cm³/mol. The molecule has 2 rings (SSSR count). The second-order valence-electron chi connectivity index (χ2n) is 5.33. The van der Waals surface area contributed by atoms with E-state index in [-0.39, 0.29) is 6.03 Å². The molecule has 0 aromatic carbocycles. The molecule has 0 saturated carbocycles. The van der Waals surface area contributed by atoms with Crippen molar-refractivity contribution in [2.45, 2.75) is 18.9 Å². The van der Waals surface area contributed by atoms with Crippen LogP contribution in [0.4, 0.5) is 4.79 Å². The fraction of sp³-hybridized carbons (Fsp3) is 0.917. The van der Waals surface area contributed by atoms with Crippen LogP contribution in [0.5, 0.6) is 0 Å². The van der Waals surface area contributed by atoms with Crippen LogP contribution in [-0.2, 0) is 0 Å². The molecule has 2 heterocycles. The lowest BCUT2D eigenvalue weighted by atomic mass is 9.94. The van der Waals surface area contributed by atoms with Crippen molar-refractivity contribution in [3.8, 4) is 0 Å². The third-order valence-electron chi connectivity index (χ3n) is 3.85. The molecule has 0 aliphatic carbocycles. The molecule has 3 atom stereocenters. The first-order valence-electron chi connectivity index (χ1n) is 6.57. The van der Waals surface area contributed by atoms with Crippen LogP contribution in [0.25, 0.3) is 0 Å². The van der Waals surface area contributed by atoms with Crippen LogP contribution >= 0.6 is 0 Å². The molecule has 2 aliphatic rings. The van der Waals surface area contributed by atoms with Gasteiger partial charge in [-0.05, 0) is 31.8 Å². The molecule has 2 N–H and O–H groups in total. The van der Waals surface area contributed by atoms with E-state index in [4.69, 9.17) is 0 Å². The zero-order chi connectivity index (χ0) is 12.3. The summed E-state index contributed by atoms with van der Waals surface area (Å²) in [5.74, 6) is 0.827. The number of carbonyl (C=O) groups is 1. The summed E-state index contributed by atoms with van der Waals surface area (Å²) in [6.45, 7) is 5.37. The van der Waals surface area contributed by atoms with Gasteiger partial charge in [0, 0.05) is 39.8 Å². The van der Waals surface area contributed by atoms with E-state index in [1.54, 1.807) is 19.0 Å². The van der Waals surface area contributed by atoms with Crippen molar-refractivity contribution >= 4 is 6.03 Å². The molecule has 0 spiro atoms. The number of piperidine rings is 1. The predicted octanol–water partition coefficient (Wildman–Crippen LogP) is -0.0586. The highest BCUT2D eigenvalue weighted by Crippen LogP contribution is 2.26. The molecule has 98 valence electrons. The second kappa shape index (κ2) is 5.69. The van der Waals surface area contributed by atoms with E-state index >= 15 is 0 Å². The first-order valence-corrected chi connectivity index (χ1v) is 6.57. The number of hydrogen-bond acceptors (Lipinski definition) is 3. The van der Waals surface area contributed by atoms with Crippen molar-refractivity contribution in [1.29, 1.82) is 0 Å². The average Bonchev–Trinajstić information content (AvgIpc) is 2.69. The Bertz CT molecular complexity index is 269. The summed E-state index contributed by atoms with van der Waals surface area (Å²) in [4.78, 5) is 15.4. The van der Waals surface area contributed by atoms with Gasteiger partial charge in [-0.1, -0.05) is 0 Å². The number of rotatable bonds is 4. The van der Waals surface area contributed by atoms with Gasteiger partial charge in [-0.25, -0.2) is 4.79 Å². The van der Waals surface area contributed by atoms with E-state index in [1.165, 1.54) is 32.5 Å². The van der Waals surface area contributed by atoms with Crippen molar-refractivity contribution in [2.75, 3.05) is 46.8 Å². The van der Waals surface area contributed by atoms with Crippen LogP contribution in [0.1, 0.15) is 12.8 Å². The molecular weight excluding hydrogens is 216 g/mol. The molecule has 2 amide bonds. The standard InChI is InChI=1S/C12H24N4O/c1-15(2)12(17)14-6-5-13-11-4-8-16-7-3-10(11)9-16/h10-11,13H,3-9H2,1-2H3,(H,14,17). The summed E-state index contributed by atoms with van der Waals surface area (Å²) in [6, 6.07) is 0.646. The summed E-state index contributed by atoms with van der Waals surface area (Å²) >= 11 is 0. The van der Waals surface area contributed by atoms with Gasteiger partial charge in [0.25, 0.3) is 0 Å². The SMILES string of the molecule is CN(C)C(=O)NCCNC1CCN2CCC1C2. The minimum atomic E-state index is -0.0116. The van der Waals surface area contributed by atoms with Gasteiger partial charge in [0.15, 0.2) is 0 Å². The number of fused-ring (bicyclic) bond motifs is 2. The minimum absolute atomic E-state index is 0.0116. The quantitative estimate of drug-likeness (QED) is 0.677. The topological polar surface area (TPSA) is 47.6 Å². The van der Waals surface area contributed by atoms with Crippen LogP contribution in [0.3, 0.4) is 0 Å². The van der Waals surface area contributed by atoms with Crippen molar-refractivity contribution in [1.82, 2.24) is 20.4 Å². The Morgan fingerprint density at radius 2 is 2.06 bits per heavy atom. The lowest BCUT2D eigenvalue weighted by Crippen LogP contribution is -2.46. The highest BCUT2D eigenvalue weighted by molar-refractivity contribution is 5.73. The lowest BCUT2D eigenvalue weighted by molar-refractivity contribution is 0.212. The zero-order valence-electron chi connectivity index (χ0n) is 10.9. The average molecular weight is 240 g/mol. The number of carbonyl (C=O) groups excluding carboxylic acids is 1. The van der Waals surface area contributed by atoms with E-state index in [0.29, 0.717) is 12.6 Å². The minimum Gasteiger partial charge on any atom is -0.337 e. The largest absolute Gasteiger partial charge is 0.337 e. The summed E-state index contributed by atoms with van der Waals surface area (Å²) in [7, 11) is 3.52. The van der Waals surface area contributed by atoms with E-state index < -0.39 is 0 Å². The Balaban J connectivity index is 1.60. The fourth-order valence-electron chi connectivity index (χ4n) is 2.81. The third kappa shape index (κ3) is 3.33. The van der Waals surface area contributed by atoms with E-state index in [2.05, 4.69) is 15.5 Å². The monoisotopic (exact) mass is 240 g/mol.